The molecular formula is C24H23N3. The van der Waals surface area contributed by atoms with Gasteiger partial charge in [0.25, 0.3) is 0 Å². The first-order valence-electron chi connectivity index (χ1n) is 9.49. The fourth-order valence-corrected chi connectivity index (χ4v) is 4.26. The van der Waals surface area contributed by atoms with Crippen molar-refractivity contribution in [3.63, 3.8) is 0 Å². The number of pyridine rings is 1. The molecule has 0 radical (unpaired) electrons. The van der Waals surface area contributed by atoms with Crippen LogP contribution in [0.2, 0.25) is 0 Å². The summed E-state index contributed by atoms with van der Waals surface area (Å²) in [6, 6.07) is 17.9. The fraction of sp³-hybridized carbons (Fsp3) is 0.208. The number of rotatable bonds is 2. The molecule has 1 aliphatic heterocycles. The summed E-state index contributed by atoms with van der Waals surface area (Å²) in [5.74, 6) is 0. The molecule has 0 unspecified atom stereocenters. The number of aromatic amines is 1. The lowest BCUT2D eigenvalue weighted by molar-refractivity contribution is 0.765. The Morgan fingerprint density at radius 2 is 1.44 bits per heavy atom. The molecule has 0 amide bonds. The third kappa shape index (κ3) is 2.75. The lowest BCUT2D eigenvalue weighted by atomic mass is 9.99. The van der Waals surface area contributed by atoms with Crippen molar-refractivity contribution >= 4 is 10.9 Å². The van der Waals surface area contributed by atoms with Crippen LogP contribution < -0.4 is 5.32 Å². The minimum Gasteiger partial charge on any atom is -0.354 e. The maximum Gasteiger partial charge on any atom is 0.0495 e. The molecule has 0 saturated heterocycles. The van der Waals surface area contributed by atoms with Crippen LogP contribution in [0.25, 0.3) is 33.3 Å². The van der Waals surface area contributed by atoms with E-state index in [9.17, 15) is 0 Å². The Bertz CT molecular complexity index is 1160. The molecule has 0 saturated carbocycles. The summed E-state index contributed by atoms with van der Waals surface area (Å²) >= 11 is 0. The van der Waals surface area contributed by atoms with Gasteiger partial charge in [0, 0.05) is 46.6 Å². The number of fused-ring (bicyclic) bond motifs is 2. The number of benzene rings is 2. The minimum atomic E-state index is 0.970. The van der Waals surface area contributed by atoms with E-state index in [1.165, 1.54) is 50.0 Å². The van der Waals surface area contributed by atoms with Crippen LogP contribution in [0.3, 0.4) is 0 Å². The maximum atomic E-state index is 4.51. The van der Waals surface area contributed by atoms with Crippen molar-refractivity contribution in [1.29, 1.82) is 0 Å². The van der Waals surface area contributed by atoms with Crippen molar-refractivity contribution in [2.24, 2.45) is 0 Å². The van der Waals surface area contributed by atoms with E-state index < -0.39 is 0 Å². The monoisotopic (exact) mass is 353 g/mol. The molecule has 0 spiro atoms. The second kappa shape index (κ2) is 6.07. The fourth-order valence-electron chi connectivity index (χ4n) is 4.26. The molecule has 134 valence electrons. The highest BCUT2D eigenvalue weighted by Crippen LogP contribution is 2.33. The topological polar surface area (TPSA) is 40.7 Å². The summed E-state index contributed by atoms with van der Waals surface area (Å²) in [4.78, 5) is 8.16. The summed E-state index contributed by atoms with van der Waals surface area (Å²) in [5.41, 5.74) is 12.3. The number of nitrogens with one attached hydrogen (secondary N) is 2. The first-order chi connectivity index (χ1) is 13.1. The molecule has 1 aliphatic rings. The van der Waals surface area contributed by atoms with Crippen molar-refractivity contribution in [3.05, 3.63) is 76.6 Å². The van der Waals surface area contributed by atoms with Gasteiger partial charge >= 0.3 is 0 Å². The van der Waals surface area contributed by atoms with E-state index in [1.54, 1.807) is 0 Å². The average molecular weight is 353 g/mol. The van der Waals surface area contributed by atoms with Crippen LogP contribution in [0.15, 0.2) is 48.5 Å². The largest absolute Gasteiger partial charge is 0.354 e. The minimum absolute atomic E-state index is 0.970. The molecule has 0 bridgehead atoms. The summed E-state index contributed by atoms with van der Waals surface area (Å²) in [6.45, 7) is 8.25. The Morgan fingerprint density at radius 1 is 0.741 bits per heavy atom. The van der Waals surface area contributed by atoms with Crippen molar-refractivity contribution < 1.29 is 0 Å². The number of aryl methyl sites for hydroxylation is 3. The zero-order chi connectivity index (χ0) is 18.5. The second-order valence-corrected chi connectivity index (χ2v) is 7.61. The Labute approximate surface area is 159 Å². The third-order valence-electron chi connectivity index (χ3n) is 5.60. The van der Waals surface area contributed by atoms with E-state index in [4.69, 9.17) is 0 Å². The van der Waals surface area contributed by atoms with Gasteiger partial charge in [-0.2, -0.15) is 0 Å². The van der Waals surface area contributed by atoms with Gasteiger partial charge in [-0.15, -0.1) is 0 Å². The van der Waals surface area contributed by atoms with Crippen LogP contribution in [-0.2, 0) is 13.1 Å². The molecule has 0 atom stereocenters. The molecule has 3 heteroatoms. The highest BCUT2D eigenvalue weighted by molar-refractivity contribution is 5.93. The van der Waals surface area contributed by atoms with Gasteiger partial charge in [0.1, 0.15) is 0 Å². The van der Waals surface area contributed by atoms with Crippen LogP contribution in [0.1, 0.15) is 28.1 Å². The third-order valence-corrected chi connectivity index (χ3v) is 5.60. The van der Waals surface area contributed by atoms with Crippen LogP contribution in [-0.4, -0.2) is 9.97 Å². The molecule has 0 aliphatic carbocycles. The zero-order valence-electron chi connectivity index (χ0n) is 16.0. The van der Waals surface area contributed by atoms with Crippen LogP contribution in [0, 0.1) is 20.8 Å². The Morgan fingerprint density at radius 3 is 2.26 bits per heavy atom. The Hall–Kier alpha value is -2.91. The van der Waals surface area contributed by atoms with Crippen LogP contribution in [0.5, 0.6) is 0 Å². The first kappa shape index (κ1) is 16.3. The molecule has 4 aromatic rings. The summed E-state index contributed by atoms with van der Waals surface area (Å²) < 4.78 is 0. The van der Waals surface area contributed by atoms with Gasteiger partial charge in [-0.1, -0.05) is 24.3 Å². The number of hydrogen-bond donors (Lipinski definition) is 2. The molecule has 27 heavy (non-hydrogen) atoms. The normalized spacial score (nSPS) is 13.3. The highest BCUT2D eigenvalue weighted by Gasteiger charge is 2.14. The van der Waals surface area contributed by atoms with E-state index in [0.29, 0.717) is 0 Å². The van der Waals surface area contributed by atoms with E-state index in [0.717, 1.165) is 24.5 Å². The highest BCUT2D eigenvalue weighted by atomic mass is 14.9. The zero-order valence-corrected chi connectivity index (χ0v) is 16.0. The maximum absolute atomic E-state index is 4.51. The van der Waals surface area contributed by atoms with Crippen molar-refractivity contribution in [1.82, 2.24) is 15.3 Å². The molecule has 2 N–H and O–H groups in total. The molecule has 2 aromatic carbocycles. The van der Waals surface area contributed by atoms with E-state index in [-0.39, 0.29) is 0 Å². The lowest BCUT2D eigenvalue weighted by Crippen LogP contribution is -1.99. The summed E-state index contributed by atoms with van der Waals surface area (Å²) in [6.07, 6.45) is 0. The smallest absolute Gasteiger partial charge is 0.0495 e. The van der Waals surface area contributed by atoms with Gasteiger partial charge in [0.15, 0.2) is 0 Å². The van der Waals surface area contributed by atoms with Gasteiger partial charge in [0.2, 0.25) is 0 Å². The number of hydrogen-bond acceptors (Lipinski definition) is 2. The SMILES string of the molecule is Cc1cc(-c2[nH]c3cc(-c4ccc5c(c4)CNC5)ccc3c2C)cc(C)n1. The van der Waals surface area contributed by atoms with E-state index >= 15 is 0 Å². The standard InChI is InChI=1S/C24H23N3/c1-14-8-20(9-15(2)26-14)24-16(3)22-7-6-18(11-23(22)27-24)17-4-5-19-12-25-13-21(19)10-17/h4-11,25,27H,12-13H2,1-3H3. The predicted octanol–water partition coefficient (Wildman–Crippen LogP) is 5.43. The van der Waals surface area contributed by atoms with Crippen molar-refractivity contribution in [2.45, 2.75) is 33.9 Å². The molecule has 3 heterocycles. The average Bonchev–Trinajstić information content (AvgIpc) is 3.24. The molecular weight excluding hydrogens is 330 g/mol. The number of aromatic nitrogens is 2. The van der Waals surface area contributed by atoms with E-state index in [1.807, 2.05) is 0 Å². The molecule has 3 nitrogen and oxygen atoms in total. The van der Waals surface area contributed by atoms with Crippen LogP contribution in [0.4, 0.5) is 0 Å². The van der Waals surface area contributed by atoms with Gasteiger partial charge in [-0.25, -0.2) is 0 Å². The van der Waals surface area contributed by atoms with Crippen molar-refractivity contribution in [3.8, 4) is 22.4 Å². The summed E-state index contributed by atoms with van der Waals surface area (Å²) in [7, 11) is 0. The number of nitrogens with zero attached hydrogens (tertiary/aromatic N) is 1. The summed E-state index contributed by atoms with van der Waals surface area (Å²) in [5, 5.41) is 4.70. The predicted molar refractivity (Wildman–Crippen MR) is 112 cm³/mol. The first-order valence-corrected chi connectivity index (χ1v) is 9.49. The van der Waals surface area contributed by atoms with Gasteiger partial charge in [-0.05, 0) is 72.9 Å². The van der Waals surface area contributed by atoms with Gasteiger partial charge in [0.05, 0.1) is 0 Å². The van der Waals surface area contributed by atoms with Gasteiger partial charge in [-0.3, -0.25) is 4.98 Å². The Balaban J connectivity index is 1.62. The second-order valence-electron chi connectivity index (χ2n) is 7.61. The molecule has 5 rings (SSSR count). The van der Waals surface area contributed by atoms with Crippen molar-refractivity contribution in [2.75, 3.05) is 0 Å². The number of H-pyrrole nitrogens is 1. The Kier molecular flexibility index (Phi) is 3.66. The quantitative estimate of drug-likeness (QED) is 0.505. The lowest BCUT2D eigenvalue weighted by Gasteiger charge is -2.05. The molecule has 2 aromatic heterocycles. The van der Waals surface area contributed by atoms with Crippen LogP contribution >= 0.6 is 0 Å². The van der Waals surface area contributed by atoms with E-state index in [2.05, 4.69) is 84.6 Å². The van der Waals surface area contributed by atoms with Gasteiger partial charge < -0.3 is 10.3 Å². The molecule has 0 fully saturated rings.